The Hall–Kier alpha value is -3.67. The van der Waals surface area contributed by atoms with E-state index in [1.165, 1.54) is 7.11 Å². The summed E-state index contributed by atoms with van der Waals surface area (Å²) >= 11 is 0. The monoisotopic (exact) mass is 516 g/mol. The van der Waals surface area contributed by atoms with E-state index in [2.05, 4.69) is 30.3 Å². The van der Waals surface area contributed by atoms with Gasteiger partial charge in [0.15, 0.2) is 0 Å². The molecule has 198 valence electrons. The van der Waals surface area contributed by atoms with Crippen molar-refractivity contribution in [2.24, 2.45) is 5.92 Å². The average Bonchev–Trinajstić information content (AvgIpc) is 3.33. The molecule has 10 nitrogen and oxygen atoms in total. The van der Waals surface area contributed by atoms with Crippen LogP contribution in [-0.4, -0.2) is 66.0 Å². The van der Waals surface area contributed by atoms with Crippen LogP contribution in [0.4, 0.5) is 14.7 Å². The van der Waals surface area contributed by atoms with Gasteiger partial charge in [-0.25, -0.2) is 18.7 Å². The quantitative estimate of drug-likeness (QED) is 0.382. The molecule has 3 heterocycles. The minimum absolute atomic E-state index is 0.0647. The minimum Gasteiger partial charge on any atom is -0.493 e. The molecule has 4 rings (SSSR count). The van der Waals surface area contributed by atoms with E-state index in [0.717, 1.165) is 50.9 Å². The zero-order chi connectivity index (χ0) is 26.2. The number of aryl methyl sites for hydroxylation is 1. The first kappa shape index (κ1) is 26.4. The number of hydrogen-bond acceptors (Lipinski definition) is 9. The number of amides is 1. The van der Waals surface area contributed by atoms with Crippen LogP contribution in [0.3, 0.4) is 0 Å². The van der Waals surface area contributed by atoms with Gasteiger partial charge in [0.05, 0.1) is 18.8 Å². The third-order valence-electron chi connectivity index (χ3n) is 6.18. The van der Waals surface area contributed by atoms with Gasteiger partial charge in [0.2, 0.25) is 17.7 Å². The molecule has 1 amide bonds. The molecule has 1 fully saturated rings. The molecule has 0 radical (unpaired) electrons. The van der Waals surface area contributed by atoms with Gasteiger partial charge >= 0.3 is 0 Å². The normalized spacial score (nSPS) is 14.1. The zero-order valence-corrected chi connectivity index (χ0v) is 20.9. The van der Waals surface area contributed by atoms with Gasteiger partial charge in [-0.15, -0.1) is 0 Å². The number of rotatable bonds is 11. The number of carbonyl (C=O) groups excluding carboxylic acids is 1. The first-order valence-corrected chi connectivity index (χ1v) is 12.2. The highest BCUT2D eigenvalue weighted by atomic mass is 19.1. The summed E-state index contributed by atoms with van der Waals surface area (Å²) in [6.45, 7) is 4.16. The summed E-state index contributed by atoms with van der Waals surface area (Å²) in [6.07, 6.45) is 7.07. The third kappa shape index (κ3) is 6.97. The molecule has 12 heteroatoms. The topological polar surface area (TPSA) is 116 Å². The van der Waals surface area contributed by atoms with Crippen molar-refractivity contribution in [3.05, 3.63) is 47.6 Å². The van der Waals surface area contributed by atoms with E-state index in [0.29, 0.717) is 35.8 Å². The second-order valence-corrected chi connectivity index (χ2v) is 8.84. The molecule has 2 aromatic heterocycles. The summed E-state index contributed by atoms with van der Waals surface area (Å²) in [4.78, 5) is 27.2. The van der Waals surface area contributed by atoms with Crippen molar-refractivity contribution in [1.82, 2.24) is 25.4 Å². The maximum absolute atomic E-state index is 14.3. The van der Waals surface area contributed by atoms with E-state index in [4.69, 9.17) is 14.0 Å². The zero-order valence-electron chi connectivity index (χ0n) is 20.9. The van der Waals surface area contributed by atoms with Crippen LogP contribution in [0.15, 0.2) is 29.0 Å². The summed E-state index contributed by atoms with van der Waals surface area (Å²) in [6, 6.07) is 2.08. The highest BCUT2D eigenvalue weighted by Gasteiger charge is 2.22. The van der Waals surface area contributed by atoms with Gasteiger partial charge in [0, 0.05) is 58.2 Å². The van der Waals surface area contributed by atoms with Gasteiger partial charge in [0.1, 0.15) is 22.9 Å². The number of nitrogens with zero attached hydrogens (tertiary/aromatic N) is 5. The Labute approximate surface area is 213 Å². The number of hydrogen-bond donors (Lipinski definition) is 1. The maximum atomic E-state index is 14.3. The fourth-order valence-corrected chi connectivity index (χ4v) is 4.21. The van der Waals surface area contributed by atoms with E-state index in [1.807, 2.05) is 0 Å². The molecule has 0 unspecified atom stereocenters. The average molecular weight is 517 g/mol. The highest BCUT2D eigenvalue weighted by Crippen LogP contribution is 2.26. The predicted octanol–water partition coefficient (Wildman–Crippen LogP) is 3.57. The summed E-state index contributed by atoms with van der Waals surface area (Å²) < 4.78 is 44.0. The molecule has 1 aromatic carbocycles. The van der Waals surface area contributed by atoms with Gasteiger partial charge < -0.3 is 24.2 Å². The third-order valence-corrected chi connectivity index (χ3v) is 6.18. The van der Waals surface area contributed by atoms with Crippen molar-refractivity contribution in [2.45, 2.75) is 32.6 Å². The van der Waals surface area contributed by atoms with Crippen LogP contribution in [0.5, 0.6) is 5.75 Å². The van der Waals surface area contributed by atoms with Gasteiger partial charge in [0.25, 0.3) is 5.91 Å². The smallest absolute Gasteiger partial charge is 0.257 e. The molecule has 0 spiro atoms. The van der Waals surface area contributed by atoms with Crippen molar-refractivity contribution in [1.29, 1.82) is 0 Å². The summed E-state index contributed by atoms with van der Waals surface area (Å²) in [5, 5.41) is 6.29. The minimum atomic E-state index is -0.958. The Morgan fingerprint density at radius 2 is 1.86 bits per heavy atom. The molecule has 1 aliphatic rings. The van der Waals surface area contributed by atoms with Crippen LogP contribution >= 0.6 is 0 Å². The molecule has 3 aromatic rings. The van der Waals surface area contributed by atoms with E-state index in [1.54, 1.807) is 19.3 Å². The fourth-order valence-electron chi connectivity index (χ4n) is 4.21. The lowest BCUT2D eigenvalue weighted by Crippen LogP contribution is -2.34. The van der Waals surface area contributed by atoms with Crippen molar-refractivity contribution in [3.63, 3.8) is 0 Å². The molecule has 37 heavy (non-hydrogen) atoms. The number of ether oxygens (including phenoxy) is 2. The molecular weight excluding hydrogens is 486 g/mol. The second-order valence-electron chi connectivity index (χ2n) is 8.84. The molecule has 1 N–H and O–H groups in total. The predicted molar refractivity (Wildman–Crippen MR) is 130 cm³/mol. The Balaban J connectivity index is 1.18. The van der Waals surface area contributed by atoms with E-state index in [9.17, 15) is 13.6 Å². The summed E-state index contributed by atoms with van der Waals surface area (Å²) in [5.41, 5.74) is 0.0778. The van der Waals surface area contributed by atoms with Crippen LogP contribution in [0, 0.1) is 24.5 Å². The second kappa shape index (κ2) is 12.5. The number of nitrogens with one attached hydrogen (secondary N) is 1. The van der Waals surface area contributed by atoms with E-state index >= 15 is 0 Å². The van der Waals surface area contributed by atoms with Crippen molar-refractivity contribution in [3.8, 4) is 17.1 Å². The lowest BCUT2D eigenvalue weighted by molar-refractivity contribution is 0.0928. The van der Waals surface area contributed by atoms with Gasteiger partial charge in [-0.2, -0.15) is 4.98 Å². The highest BCUT2D eigenvalue weighted by molar-refractivity contribution is 5.94. The van der Waals surface area contributed by atoms with Crippen LogP contribution < -0.4 is 15.0 Å². The van der Waals surface area contributed by atoms with Gasteiger partial charge in [-0.3, -0.25) is 4.79 Å². The van der Waals surface area contributed by atoms with E-state index in [-0.39, 0.29) is 18.9 Å². The molecule has 0 bridgehead atoms. The number of carbonyl (C=O) groups is 1. The molecule has 0 aliphatic carbocycles. The van der Waals surface area contributed by atoms with Crippen LogP contribution in [0.1, 0.15) is 41.9 Å². The van der Waals surface area contributed by atoms with Gasteiger partial charge in [-0.05, 0) is 31.6 Å². The van der Waals surface area contributed by atoms with Crippen molar-refractivity contribution >= 4 is 11.9 Å². The largest absolute Gasteiger partial charge is 0.493 e. The van der Waals surface area contributed by atoms with Crippen LogP contribution in [-0.2, 0) is 4.74 Å². The number of anilines is 1. The number of aromatic nitrogens is 4. The van der Waals surface area contributed by atoms with Crippen molar-refractivity contribution < 1.29 is 27.6 Å². The van der Waals surface area contributed by atoms with Crippen LogP contribution in [0.2, 0.25) is 0 Å². The fraction of sp³-hybridized carbons (Fsp3) is 0.480. The van der Waals surface area contributed by atoms with Crippen molar-refractivity contribution in [2.75, 3.05) is 44.9 Å². The number of piperidine rings is 1. The Morgan fingerprint density at radius 3 is 2.49 bits per heavy atom. The summed E-state index contributed by atoms with van der Waals surface area (Å²) in [5.74, 6) is -0.529. The Morgan fingerprint density at radius 1 is 1.16 bits per heavy atom. The molecule has 0 saturated carbocycles. The number of benzene rings is 1. The summed E-state index contributed by atoms with van der Waals surface area (Å²) in [7, 11) is 1.47. The number of methoxy groups -OCH3 is 1. The molecule has 1 saturated heterocycles. The lowest BCUT2D eigenvalue weighted by Gasteiger charge is -2.32. The van der Waals surface area contributed by atoms with E-state index < -0.39 is 23.1 Å². The molecule has 0 atom stereocenters. The SMILES string of the molecule is COCCNC(=O)c1c(F)cc(OCCCC2CCN(c3ncc(-c4noc(C)n4)cn3)CC2)cc1F. The Kier molecular flexibility index (Phi) is 8.94. The maximum Gasteiger partial charge on any atom is 0.257 e. The first-order chi connectivity index (χ1) is 17.9. The van der Waals surface area contributed by atoms with Gasteiger partial charge in [-0.1, -0.05) is 5.16 Å². The number of halogens is 2. The first-order valence-electron chi connectivity index (χ1n) is 12.2. The molecule has 1 aliphatic heterocycles. The standard InChI is InChI=1S/C25H30F2N6O4/c1-16-31-23(32-37-16)18-14-29-25(30-15-18)33-8-5-17(6-9-33)4-3-10-36-19-12-20(26)22(21(27)13-19)24(34)28-7-11-35-2/h12-15,17H,3-11H2,1-2H3,(H,28,34). The molecular formula is C25H30F2N6O4. The lowest BCUT2D eigenvalue weighted by atomic mass is 9.92. The Bertz CT molecular complexity index is 1160. The van der Waals surface area contributed by atoms with Crippen LogP contribution in [0.25, 0.3) is 11.4 Å².